The molecule has 180 valence electrons. The molecule has 1 aromatic heterocycles. The average molecular weight is 474 g/mol. The molecule has 8 nitrogen and oxygen atoms in total. The van der Waals surface area contributed by atoms with E-state index in [4.69, 9.17) is 11.0 Å². The Bertz CT molecular complexity index is 1140. The molecule has 2 aliphatic heterocycles. The first kappa shape index (κ1) is 23.6. The second-order valence-corrected chi connectivity index (χ2v) is 8.91. The first-order valence-electron chi connectivity index (χ1n) is 11.1. The number of nitrogens with zero attached hydrogens (tertiary/aromatic N) is 5. The summed E-state index contributed by atoms with van der Waals surface area (Å²) < 4.78 is 41.8. The van der Waals surface area contributed by atoms with Gasteiger partial charge in [-0.1, -0.05) is 0 Å². The van der Waals surface area contributed by atoms with Crippen molar-refractivity contribution in [2.75, 3.05) is 31.1 Å². The number of hydrogen-bond donors (Lipinski definition) is 1. The molecule has 3 heterocycles. The van der Waals surface area contributed by atoms with Gasteiger partial charge in [0.25, 0.3) is 5.91 Å². The molecule has 2 N–H and O–H groups in total. The summed E-state index contributed by atoms with van der Waals surface area (Å²) >= 11 is 0. The fourth-order valence-electron chi connectivity index (χ4n) is 5.12. The molecule has 2 fully saturated rings. The van der Waals surface area contributed by atoms with Crippen molar-refractivity contribution in [1.29, 1.82) is 5.26 Å². The Morgan fingerprint density at radius 2 is 2.00 bits per heavy atom. The predicted molar refractivity (Wildman–Crippen MR) is 117 cm³/mol. The number of benzene rings is 1. The standard InChI is InChI=1S/C23H25F3N6O2/c1-2-32-12-16(11-29-32)21(34)31-13-19(20(28)33)22(14-31)5-7-30(8-6-22)17-4-3-15(10-27)18(9-17)23(24,25)26/h3-4,9,11-12,19H,2,5-8,13-14H2,1H3,(H2,28,33). The van der Waals surface area contributed by atoms with E-state index < -0.39 is 34.5 Å². The highest BCUT2D eigenvalue weighted by Gasteiger charge is 2.52. The van der Waals surface area contributed by atoms with Gasteiger partial charge >= 0.3 is 6.18 Å². The van der Waals surface area contributed by atoms with Crippen molar-refractivity contribution in [2.45, 2.75) is 32.5 Å². The lowest BCUT2D eigenvalue weighted by Gasteiger charge is -2.42. The topological polar surface area (TPSA) is 108 Å². The van der Waals surface area contributed by atoms with Gasteiger partial charge < -0.3 is 15.5 Å². The number of nitriles is 1. The average Bonchev–Trinajstić information content (AvgIpc) is 3.43. The predicted octanol–water partition coefficient (Wildman–Crippen LogP) is 2.64. The van der Waals surface area contributed by atoms with Gasteiger partial charge in [-0.05, 0) is 38.0 Å². The summed E-state index contributed by atoms with van der Waals surface area (Å²) in [6.07, 6.45) is -0.465. The van der Waals surface area contributed by atoms with Crippen molar-refractivity contribution < 1.29 is 22.8 Å². The second-order valence-electron chi connectivity index (χ2n) is 8.91. The fraction of sp³-hybridized carbons (Fsp3) is 0.478. The van der Waals surface area contributed by atoms with Gasteiger partial charge in [0.1, 0.15) is 0 Å². The van der Waals surface area contributed by atoms with Crippen LogP contribution in [0.25, 0.3) is 0 Å². The third-order valence-corrected chi connectivity index (χ3v) is 7.04. The number of primary amides is 1. The van der Waals surface area contributed by atoms with Crippen molar-refractivity contribution in [3.05, 3.63) is 47.3 Å². The highest BCUT2D eigenvalue weighted by atomic mass is 19.4. The first-order valence-corrected chi connectivity index (χ1v) is 11.1. The minimum atomic E-state index is -4.63. The Morgan fingerprint density at radius 1 is 1.29 bits per heavy atom. The normalized spacial score (nSPS) is 19.9. The highest BCUT2D eigenvalue weighted by molar-refractivity contribution is 5.94. The molecule has 1 atom stereocenters. The molecule has 0 radical (unpaired) electrons. The summed E-state index contributed by atoms with van der Waals surface area (Å²) in [5, 5.41) is 13.2. The Hall–Kier alpha value is -3.55. The summed E-state index contributed by atoms with van der Waals surface area (Å²) in [7, 11) is 0. The Labute approximate surface area is 194 Å². The van der Waals surface area contributed by atoms with E-state index in [9.17, 15) is 22.8 Å². The second kappa shape index (κ2) is 8.66. The van der Waals surface area contributed by atoms with Gasteiger partial charge in [0, 0.05) is 50.0 Å². The van der Waals surface area contributed by atoms with Crippen LogP contribution < -0.4 is 10.6 Å². The number of hydrogen-bond acceptors (Lipinski definition) is 5. The number of likely N-dealkylation sites (tertiary alicyclic amines) is 1. The number of carbonyl (C=O) groups excluding carboxylic acids is 2. The smallest absolute Gasteiger partial charge is 0.371 e. The van der Waals surface area contributed by atoms with Crippen LogP contribution in [0.2, 0.25) is 0 Å². The molecular formula is C23H25F3N6O2. The molecule has 0 aliphatic carbocycles. The van der Waals surface area contributed by atoms with Crippen LogP contribution in [0.5, 0.6) is 0 Å². The molecule has 1 spiro atoms. The fourth-order valence-corrected chi connectivity index (χ4v) is 5.12. The zero-order valence-electron chi connectivity index (χ0n) is 18.7. The summed E-state index contributed by atoms with van der Waals surface area (Å²) in [4.78, 5) is 28.8. The highest BCUT2D eigenvalue weighted by Crippen LogP contribution is 2.46. The maximum atomic E-state index is 13.4. The van der Waals surface area contributed by atoms with E-state index in [1.165, 1.54) is 18.3 Å². The molecule has 2 amide bonds. The molecule has 2 saturated heterocycles. The number of piperidine rings is 1. The van der Waals surface area contributed by atoms with E-state index in [1.807, 2.05) is 11.8 Å². The van der Waals surface area contributed by atoms with E-state index >= 15 is 0 Å². The summed E-state index contributed by atoms with van der Waals surface area (Å²) in [6.45, 7) is 3.91. The lowest BCUT2D eigenvalue weighted by atomic mass is 9.70. The van der Waals surface area contributed by atoms with Crippen LogP contribution in [0.4, 0.5) is 18.9 Å². The van der Waals surface area contributed by atoms with Crippen LogP contribution in [0.15, 0.2) is 30.6 Å². The minimum Gasteiger partial charge on any atom is -0.371 e. The van der Waals surface area contributed by atoms with Crippen LogP contribution in [-0.2, 0) is 17.5 Å². The molecule has 1 unspecified atom stereocenters. The Morgan fingerprint density at radius 3 is 2.56 bits per heavy atom. The van der Waals surface area contributed by atoms with E-state index in [2.05, 4.69) is 5.10 Å². The van der Waals surface area contributed by atoms with Gasteiger partial charge in [-0.2, -0.15) is 23.5 Å². The van der Waals surface area contributed by atoms with E-state index in [1.54, 1.807) is 21.8 Å². The summed E-state index contributed by atoms with van der Waals surface area (Å²) in [5.41, 5.74) is 4.61. The number of carbonyl (C=O) groups is 2. The minimum absolute atomic E-state index is 0.209. The van der Waals surface area contributed by atoms with Gasteiger partial charge in [-0.3, -0.25) is 14.3 Å². The van der Waals surface area contributed by atoms with Crippen molar-refractivity contribution in [1.82, 2.24) is 14.7 Å². The number of amides is 2. The van der Waals surface area contributed by atoms with Gasteiger partial charge in [-0.15, -0.1) is 0 Å². The van der Waals surface area contributed by atoms with E-state index in [0.717, 1.165) is 6.07 Å². The summed E-state index contributed by atoms with van der Waals surface area (Å²) in [5.74, 6) is -1.23. The SMILES string of the molecule is CCn1cc(C(=O)N2CC(C(N)=O)C3(CCN(c4ccc(C#N)c(C(F)(F)F)c4)CC3)C2)cn1. The maximum Gasteiger partial charge on any atom is 0.417 e. The lowest BCUT2D eigenvalue weighted by molar-refractivity contribution is -0.137. The number of nitrogens with two attached hydrogens (primary N) is 1. The van der Waals surface area contributed by atoms with Crippen molar-refractivity contribution >= 4 is 17.5 Å². The van der Waals surface area contributed by atoms with Crippen molar-refractivity contribution in [2.24, 2.45) is 17.1 Å². The van der Waals surface area contributed by atoms with Crippen LogP contribution in [0, 0.1) is 22.7 Å². The Balaban J connectivity index is 1.52. The number of rotatable bonds is 4. The molecule has 2 aromatic rings. The number of aromatic nitrogens is 2. The lowest BCUT2D eigenvalue weighted by Crippen LogP contribution is -2.47. The van der Waals surface area contributed by atoms with Gasteiger partial charge in [0.15, 0.2) is 0 Å². The number of halogens is 3. The number of aryl methyl sites for hydroxylation is 1. The Kier molecular flexibility index (Phi) is 6.02. The number of anilines is 1. The molecular weight excluding hydrogens is 449 g/mol. The first-order chi connectivity index (χ1) is 16.1. The third-order valence-electron chi connectivity index (χ3n) is 7.04. The zero-order chi connectivity index (χ0) is 24.7. The van der Waals surface area contributed by atoms with Crippen LogP contribution in [-0.4, -0.2) is 52.7 Å². The molecule has 4 rings (SSSR count). The van der Waals surface area contributed by atoms with E-state index in [0.29, 0.717) is 50.3 Å². The third kappa shape index (κ3) is 4.20. The van der Waals surface area contributed by atoms with Crippen molar-refractivity contribution in [3.8, 4) is 6.07 Å². The maximum absolute atomic E-state index is 13.4. The molecule has 0 bridgehead atoms. The van der Waals surface area contributed by atoms with Gasteiger partial charge in [0.05, 0.1) is 34.9 Å². The van der Waals surface area contributed by atoms with Crippen LogP contribution >= 0.6 is 0 Å². The van der Waals surface area contributed by atoms with E-state index in [-0.39, 0.29) is 12.5 Å². The monoisotopic (exact) mass is 474 g/mol. The van der Waals surface area contributed by atoms with Gasteiger partial charge in [0.2, 0.25) is 5.91 Å². The number of alkyl halides is 3. The molecule has 34 heavy (non-hydrogen) atoms. The van der Waals surface area contributed by atoms with Crippen LogP contribution in [0.3, 0.4) is 0 Å². The molecule has 11 heteroatoms. The molecule has 1 aromatic carbocycles. The van der Waals surface area contributed by atoms with Gasteiger partial charge in [-0.25, -0.2) is 0 Å². The quantitative estimate of drug-likeness (QED) is 0.733. The summed E-state index contributed by atoms with van der Waals surface area (Å²) in [6, 6.07) is 5.28. The largest absolute Gasteiger partial charge is 0.417 e. The molecule has 2 aliphatic rings. The van der Waals surface area contributed by atoms with Crippen molar-refractivity contribution in [3.63, 3.8) is 0 Å². The molecule has 0 saturated carbocycles. The van der Waals surface area contributed by atoms with Crippen LogP contribution in [0.1, 0.15) is 41.3 Å². The zero-order valence-corrected chi connectivity index (χ0v) is 18.7.